The molecule has 0 aromatic carbocycles. The van der Waals surface area contributed by atoms with Crippen LogP contribution in [0.1, 0.15) is 60.3 Å². The molecule has 2 saturated carbocycles. The number of carbonyl (C=O) groups is 2. The van der Waals surface area contributed by atoms with Gasteiger partial charge in [-0.25, -0.2) is 0 Å². The van der Waals surface area contributed by atoms with Crippen molar-refractivity contribution >= 4 is 11.8 Å². The fourth-order valence-corrected chi connectivity index (χ4v) is 4.17. The molecule has 0 saturated heterocycles. The molecule has 0 unspecified atom stereocenters. The van der Waals surface area contributed by atoms with Crippen molar-refractivity contribution in [3.63, 3.8) is 0 Å². The molecule has 0 aromatic heterocycles. The number of ketones is 1. The first kappa shape index (κ1) is 16.3. The second kappa shape index (κ2) is 5.58. The Morgan fingerprint density at radius 1 is 1.38 bits per heavy atom. The quantitative estimate of drug-likeness (QED) is 0.570. The molecule has 3 atom stereocenters. The largest absolute Gasteiger partial charge is 0.466 e. The molecule has 2 bridgehead atoms. The molecule has 21 heavy (non-hydrogen) atoms. The second-order valence-corrected chi connectivity index (χ2v) is 7.24. The molecule has 0 aliphatic heterocycles. The number of Topliss-reactive ketones (excluding diaryl/α,β-unsaturated/α-hetero) is 1. The molecule has 2 rings (SSSR count). The average molecular weight is 292 g/mol. The molecular formula is C18H28O3. The van der Waals surface area contributed by atoms with Gasteiger partial charge in [0, 0.05) is 5.41 Å². The fourth-order valence-electron chi connectivity index (χ4n) is 4.17. The van der Waals surface area contributed by atoms with Gasteiger partial charge in [-0.15, -0.1) is 0 Å². The first-order valence-corrected chi connectivity index (χ1v) is 8.22. The zero-order valence-electron chi connectivity index (χ0n) is 14.0. The lowest BCUT2D eigenvalue weighted by Gasteiger charge is -2.31. The van der Waals surface area contributed by atoms with Gasteiger partial charge in [0.1, 0.15) is 0 Å². The number of ether oxygens (including phenoxy) is 1. The van der Waals surface area contributed by atoms with E-state index in [2.05, 4.69) is 27.7 Å². The molecule has 3 nitrogen and oxygen atoms in total. The Bertz CT molecular complexity index is 475. The topological polar surface area (TPSA) is 43.4 Å². The SMILES string of the molecule is CCC[C@H](/C=C1\C(=O)[C@@]2(C)CC[C@H]1C2(C)C)C(=O)OCC. The predicted molar refractivity (Wildman–Crippen MR) is 82.7 cm³/mol. The van der Waals surface area contributed by atoms with Crippen molar-refractivity contribution in [2.45, 2.75) is 60.3 Å². The summed E-state index contributed by atoms with van der Waals surface area (Å²) in [5.41, 5.74) is 0.635. The van der Waals surface area contributed by atoms with Crippen LogP contribution in [0.15, 0.2) is 11.6 Å². The summed E-state index contributed by atoms with van der Waals surface area (Å²) in [5, 5.41) is 0. The van der Waals surface area contributed by atoms with Crippen LogP contribution in [0.5, 0.6) is 0 Å². The van der Waals surface area contributed by atoms with Crippen LogP contribution in [0.2, 0.25) is 0 Å². The third-order valence-electron chi connectivity index (χ3n) is 5.93. The van der Waals surface area contributed by atoms with Crippen molar-refractivity contribution in [2.75, 3.05) is 6.61 Å². The van der Waals surface area contributed by atoms with Crippen LogP contribution in [-0.4, -0.2) is 18.4 Å². The van der Waals surface area contributed by atoms with E-state index < -0.39 is 0 Å². The van der Waals surface area contributed by atoms with Crippen molar-refractivity contribution in [1.29, 1.82) is 0 Å². The molecule has 3 heteroatoms. The Balaban J connectivity index is 2.32. The van der Waals surface area contributed by atoms with Gasteiger partial charge < -0.3 is 4.74 Å². The summed E-state index contributed by atoms with van der Waals surface area (Å²) >= 11 is 0. The van der Waals surface area contributed by atoms with Crippen molar-refractivity contribution < 1.29 is 14.3 Å². The Morgan fingerprint density at radius 2 is 2.05 bits per heavy atom. The number of allylic oxidation sites excluding steroid dienone is 1. The summed E-state index contributed by atoms with van der Waals surface area (Å²) in [4.78, 5) is 24.9. The van der Waals surface area contributed by atoms with E-state index in [0.29, 0.717) is 12.5 Å². The van der Waals surface area contributed by atoms with Gasteiger partial charge in [-0.05, 0) is 43.1 Å². The summed E-state index contributed by atoms with van der Waals surface area (Å²) in [6, 6.07) is 0. The van der Waals surface area contributed by atoms with Crippen LogP contribution < -0.4 is 0 Å². The molecule has 0 spiro atoms. The van der Waals surface area contributed by atoms with Gasteiger partial charge in [0.15, 0.2) is 5.78 Å². The van der Waals surface area contributed by atoms with E-state index in [1.807, 2.05) is 13.0 Å². The summed E-state index contributed by atoms with van der Waals surface area (Å²) in [6.07, 6.45) is 5.62. The first-order chi connectivity index (χ1) is 9.79. The maximum atomic E-state index is 12.8. The zero-order valence-corrected chi connectivity index (χ0v) is 14.0. The van der Waals surface area contributed by atoms with Crippen molar-refractivity contribution in [3.05, 3.63) is 11.6 Å². The Hall–Kier alpha value is -1.12. The highest BCUT2D eigenvalue weighted by atomic mass is 16.5. The normalized spacial score (nSPS) is 33.5. The van der Waals surface area contributed by atoms with Gasteiger partial charge in [-0.1, -0.05) is 40.2 Å². The Labute approximate surface area is 128 Å². The number of hydrogen-bond acceptors (Lipinski definition) is 3. The first-order valence-electron chi connectivity index (χ1n) is 8.22. The smallest absolute Gasteiger partial charge is 0.312 e. The van der Waals surface area contributed by atoms with Crippen LogP contribution in [0, 0.1) is 22.7 Å². The van der Waals surface area contributed by atoms with Gasteiger partial charge in [0.05, 0.1) is 12.5 Å². The molecule has 0 aromatic rings. The molecule has 0 radical (unpaired) electrons. The number of carbonyl (C=O) groups excluding carboxylic acids is 2. The van der Waals surface area contributed by atoms with Crippen LogP contribution in [0.25, 0.3) is 0 Å². The van der Waals surface area contributed by atoms with Gasteiger partial charge >= 0.3 is 5.97 Å². The van der Waals surface area contributed by atoms with Crippen LogP contribution in [-0.2, 0) is 14.3 Å². The molecule has 0 amide bonds. The van der Waals surface area contributed by atoms with Gasteiger partial charge in [-0.3, -0.25) is 9.59 Å². The minimum atomic E-state index is -0.271. The zero-order chi connectivity index (χ0) is 15.8. The van der Waals surface area contributed by atoms with E-state index in [0.717, 1.165) is 31.3 Å². The maximum absolute atomic E-state index is 12.8. The monoisotopic (exact) mass is 292 g/mol. The third-order valence-corrected chi connectivity index (χ3v) is 5.93. The summed E-state index contributed by atoms with van der Waals surface area (Å²) in [7, 11) is 0. The van der Waals surface area contributed by atoms with E-state index in [1.54, 1.807) is 0 Å². The van der Waals surface area contributed by atoms with Crippen LogP contribution in [0.4, 0.5) is 0 Å². The second-order valence-electron chi connectivity index (χ2n) is 7.24. The molecule has 2 aliphatic carbocycles. The number of rotatable bonds is 5. The maximum Gasteiger partial charge on any atom is 0.312 e. The summed E-state index contributed by atoms with van der Waals surface area (Å²) < 4.78 is 5.16. The molecule has 0 heterocycles. The van der Waals surface area contributed by atoms with E-state index in [4.69, 9.17) is 4.74 Å². The van der Waals surface area contributed by atoms with E-state index in [-0.39, 0.29) is 28.5 Å². The number of fused-ring (bicyclic) bond motifs is 2. The lowest BCUT2D eigenvalue weighted by molar-refractivity contribution is -0.146. The molecular weight excluding hydrogens is 264 g/mol. The van der Waals surface area contributed by atoms with Gasteiger partial charge in [-0.2, -0.15) is 0 Å². The van der Waals surface area contributed by atoms with E-state index >= 15 is 0 Å². The fraction of sp³-hybridized carbons (Fsp3) is 0.778. The van der Waals surface area contributed by atoms with Crippen molar-refractivity contribution in [3.8, 4) is 0 Å². The average Bonchev–Trinajstić information content (AvgIpc) is 2.72. The molecule has 118 valence electrons. The minimum absolute atomic E-state index is 0.00133. The molecule has 2 fully saturated rings. The third kappa shape index (κ3) is 2.35. The lowest BCUT2D eigenvalue weighted by atomic mass is 9.70. The summed E-state index contributed by atoms with van der Waals surface area (Å²) in [6.45, 7) is 10.8. The highest BCUT2D eigenvalue weighted by Crippen LogP contribution is 2.65. The van der Waals surface area contributed by atoms with E-state index in [9.17, 15) is 9.59 Å². The molecule has 0 N–H and O–H groups in total. The Morgan fingerprint density at radius 3 is 2.52 bits per heavy atom. The van der Waals surface area contributed by atoms with Gasteiger partial charge in [0.25, 0.3) is 0 Å². The van der Waals surface area contributed by atoms with E-state index in [1.165, 1.54) is 0 Å². The van der Waals surface area contributed by atoms with Crippen molar-refractivity contribution in [2.24, 2.45) is 22.7 Å². The highest BCUT2D eigenvalue weighted by molar-refractivity contribution is 6.05. The number of esters is 1. The highest BCUT2D eigenvalue weighted by Gasteiger charge is 2.63. The van der Waals surface area contributed by atoms with Crippen molar-refractivity contribution in [1.82, 2.24) is 0 Å². The number of hydrogen-bond donors (Lipinski definition) is 0. The lowest BCUT2D eigenvalue weighted by Crippen LogP contribution is -2.32. The summed E-state index contributed by atoms with van der Waals surface area (Å²) in [5.74, 6) is 0.0935. The van der Waals surface area contributed by atoms with Crippen LogP contribution >= 0.6 is 0 Å². The van der Waals surface area contributed by atoms with Crippen LogP contribution in [0.3, 0.4) is 0 Å². The Kier molecular flexibility index (Phi) is 4.32. The molecule has 2 aliphatic rings. The minimum Gasteiger partial charge on any atom is -0.466 e. The standard InChI is InChI=1S/C18H28O3/c1-6-8-12(16(20)21-7-2)11-13-14-9-10-18(5,15(13)19)17(14,3)4/h11-12,14H,6-10H2,1-5H3/b13-11-/t12-,14-,18-/m1/s1. The van der Waals surface area contributed by atoms with Gasteiger partial charge in [0.2, 0.25) is 0 Å². The predicted octanol–water partition coefficient (Wildman–Crippen LogP) is 3.92.